The van der Waals surface area contributed by atoms with Gasteiger partial charge >= 0.3 is 205 Å². The van der Waals surface area contributed by atoms with Gasteiger partial charge in [0, 0.05) is 0 Å². The van der Waals surface area contributed by atoms with Crippen LogP contribution in [0.25, 0.3) is 0 Å². The van der Waals surface area contributed by atoms with Crippen LogP contribution in [0.15, 0.2) is 60.7 Å². The van der Waals surface area contributed by atoms with Gasteiger partial charge in [-0.15, -0.1) is 0 Å². The molecule has 4 rings (SSSR count). The Labute approximate surface area is 205 Å². The summed E-state index contributed by atoms with van der Waals surface area (Å²) in [5.41, 5.74) is 1.77. The van der Waals surface area contributed by atoms with Crippen molar-refractivity contribution in [1.29, 1.82) is 0 Å². The first-order valence-electron chi connectivity index (χ1n) is 12.0. The van der Waals surface area contributed by atoms with Crippen LogP contribution in [-0.4, -0.2) is 48.1 Å². The number of hydrogen-bond acceptors (Lipinski definition) is 8. The van der Waals surface area contributed by atoms with Crippen molar-refractivity contribution in [2.24, 2.45) is 0 Å². The minimum atomic E-state index is -4.86. The van der Waals surface area contributed by atoms with Crippen LogP contribution < -0.4 is 10.2 Å². The van der Waals surface area contributed by atoms with Gasteiger partial charge in [0.1, 0.15) is 0 Å². The first-order valence-corrected chi connectivity index (χ1v) is 14.0. The molecule has 2 aromatic rings. The van der Waals surface area contributed by atoms with Gasteiger partial charge in [0.2, 0.25) is 0 Å². The fourth-order valence-electron chi connectivity index (χ4n) is 4.34. The molecule has 1 spiro atoms. The van der Waals surface area contributed by atoms with E-state index in [1.165, 1.54) is 4.90 Å². The van der Waals surface area contributed by atoms with Gasteiger partial charge < -0.3 is 0 Å². The van der Waals surface area contributed by atoms with Crippen LogP contribution in [0.2, 0.25) is 0 Å². The predicted octanol–water partition coefficient (Wildman–Crippen LogP) is 3.89. The molecule has 10 heteroatoms. The zero-order valence-electron chi connectivity index (χ0n) is 20.0. The molecule has 2 N–H and O–H groups in total. The van der Waals surface area contributed by atoms with Gasteiger partial charge in [-0.05, 0) is 0 Å². The third-order valence-corrected chi connectivity index (χ3v) is 8.92. The molecule has 1 amide bonds. The minimum absolute atomic E-state index is 0.283. The van der Waals surface area contributed by atoms with E-state index in [1.54, 1.807) is 0 Å². The van der Waals surface area contributed by atoms with Crippen molar-refractivity contribution >= 4 is 25.6 Å². The molecule has 0 aromatic heterocycles. The summed E-state index contributed by atoms with van der Waals surface area (Å²) in [7, 11) is -4.86. The molecule has 2 heterocycles. The molecule has 2 saturated heterocycles. The molecule has 2 aliphatic heterocycles. The van der Waals surface area contributed by atoms with E-state index in [9.17, 15) is 14.4 Å². The fourth-order valence-corrected chi connectivity index (χ4v) is 7.62. The van der Waals surface area contributed by atoms with Gasteiger partial charge in [-0.2, -0.15) is 0 Å². The second kappa shape index (κ2) is 10.3. The number of benzene rings is 2. The average molecular weight is 502 g/mol. The zero-order chi connectivity index (χ0) is 24.9. The standard InChI is InChI=1S/C25H32N3O6P/c1-3-15-28(16-4-2)25(31)34-35(26-21(23(29)32-35)17-19-11-7-5-8-12-19)27-22(24(30)33-35)18-20-13-9-6-10-14-20/h5-14,21-22,26-27H,3-4,15-18H2,1-2H3/t21-,22-/m0/s1. The van der Waals surface area contributed by atoms with E-state index in [4.69, 9.17) is 13.6 Å². The molecule has 0 aliphatic carbocycles. The Kier molecular flexibility index (Phi) is 7.40. The predicted molar refractivity (Wildman–Crippen MR) is 132 cm³/mol. The Morgan fingerprint density at radius 3 is 1.66 bits per heavy atom. The summed E-state index contributed by atoms with van der Waals surface area (Å²) >= 11 is 0. The molecule has 0 radical (unpaired) electrons. The van der Waals surface area contributed by atoms with Crippen LogP contribution in [0.3, 0.4) is 0 Å². The zero-order valence-corrected chi connectivity index (χ0v) is 20.9. The molecular weight excluding hydrogens is 469 g/mol. The van der Waals surface area contributed by atoms with E-state index in [-0.39, 0.29) is 12.8 Å². The van der Waals surface area contributed by atoms with Crippen LogP contribution in [-0.2, 0) is 36.0 Å². The molecule has 35 heavy (non-hydrogen) atoms. The summed E-state index contributed by atoms with van der Waals surface area (Å²) in [4.78, 5) is 40.8. The van der Waals surface area contributed by atoms with E-state index in [0.29, 0.717) is 13.1 Å². The fraction of sp³-hybridized carbons (Fsp3) is 0.400. The molecule has 2 atom stereocenters. The van der Waals surface area contributed by atoms with Crippen molar-refractivity contribution in [3.05, 3.63) is 71.8 Å². The van der Waals surface area contributed by atoms with Crippen LogP contribution in [0.4, 0.5) is 4.79 Å². The third-order valence-electron chi connectivity index (χ3n) is 5.89. The van der Waals surface area contributed by atoms with Gasteiger partial charge in [-0.1, -0.05) is 0 Å². The number of rotatable bonds is 9. The first-order chi connectivity index (χ1) is 16.9. The van der Waals surface area contributed by atoms with E-state index in [1.807, 2.05) is 74.5 Å². The second-order valence-corrected chi connectivity index (χ2v) is 11.6. The first kappa shape index (κ1) is 25.1. The third kappa shape index (κ3) is 5.48. The number of hydrogen-bond donors (Lipinski definition) is 2. The van der Waals surface area contributed by atoms with Crippen LogP contribution >= 0.6 is 7.59 Å². The Morgan fingerprint density at radius 2 is 1.26 bits per heavy atom. The SMILES string of the molecule is CCCN(CCC)C(=O)OP12(N[C@@H](Cc3ccccc3)C(=O)O1)N[C@@H](Cc1ccccc1)C(=O)O2. The average Bonchev–Trinajstić information content (AvgIpc) is 3.25. The van der Waals surface area contributed by atoms with E-state index in [0.717, 1.165) is 24.0 Å². The quantitative estimate of drug-likeness (QED) is 0.499. The van der Waals surface area contributed by atoms with Crippen LogP contribution in [0.5, 0.6) is 0 Å². The molecule has 188 valence electrons. The second-order valence-electron chi connectivity index (χ2n) is 8.79. The Bertz CT molecular complexity index is 992. The molecule has 9 nitrogen and oxygen atoms in total. The van der Waals surface area contributed by atoms with Crippen molar-refractivity contribution in [2.75, 3.05) is 13.1 Å². The number of nitrogens with one attached hydrogen (secondary N) is 2. The van der Waals surface area contributed by atoms with Gasteiger partial charge in [0.05, 0.1) is 0 Å². The monoisotopic (exact) mass is 501 g/mol. The topological polar surface area (TPSA) is 106 Å². The van der Waals surface area contributed by atoms with E-state index < -0.39 is 37.7 Å². The number of carbonyl (C=O) groups is 3. The van der Waals surface area contributed by atoms with Crippen LogP contribution in [0.1, 0.15) is 37.8 Å². The van der Waals surface area contributed by atoms with Gasteiger partial charge in [-0.3, -0.25) is 0 Å². The number of carbonyl (C=O) groups excluding carboxylic acids is 3. The normalized spacial score (nSPS) is 23.2. The molecule has 0 unspecified atom stereocenters. The van der Waals surface area contributed by atoms with E-state index in [2.05, 4.69) is 10.2 Å². The Balaban J connectivity index is 1.64. The molecule has 2 aliphatic rings. The van der Waals surface area contributed by atoms with Gasteiger partial charge in [0.25, 0.3) is 0 Å². The molecule has 2 aromatic carbocycles. The molecule has 2 fully saturated rings. The van der Waals surface area contributed by atoms with Crippen molar-refractivity contribution in [2.45, 2.75) is 51.6 Å². The van der Waals surface area contributed by atoms with Crippen molar-refractivity contribution in [3.8, 4) is 0 Å². The van der Waals surface area contributed by atoms with Crippen molar-refractivity contribution in [3.63, 3.8) is 0 Å². The van der Waals surface area contributed by atoms with Gasteiger partial charge in [0.15, 0.2) is 0 Å². The summed E-state index contributed by atoms with van der Waals surface area (Å²) < 4.78 is 17.4. The van der Waals surface area contributed by atoms with Crippen molar-refractivity contribution < 1.29 is 28.0 Å². The Morgan fingerprint density at radius 1 is 0.829 bits per heavy atom. The van der Waals surface area contributed by atoms with Crippen LogP contribution in [0, 0.1) is 0 Å². The molecule has 0 saturated carbocycles. The summed E-state index contributed by atoms with van der Waals surface area (Å²) in [6, 6.07) is 17.1. The number of amides is 1. The summed E-state index contributed by atoms with van der Waals surface area (Å²) in [6.07, 6.45) is 1.31. The van der Waals surface area contributed by atoms with Crippen molar-refractivity contribution in [1.82, 2.24) is 15.1 Å². The van der Waals surface area contributed by atoms with Gasteiger partial charge in [-0.25, -0.2) is 0 Å². The summed E-state index contributed by atoms with van der Waals surface area (Å²) in [5, 5.41) is 6.06. The maximum absolute atomic E-state index is 13.3. The van der Waals surface area contributed by atoms with E-state index >= 15 is 0 Å². The summed E-state index contributed by atoms with van der Waals surface area (Å²) in [6.45, 7) is 4.83. The summed E-state index contributed by atoms with van der Waals surface area (Å²) in [5.74, 6) is -1.28. The molecule has 0 bridgehead atoms. The number of nitrogens with zero attached hydrogens (tertiary/aromatic N) is 1. The maximum atomic E-state index is 13.3. The molecular formula is C25H32N3O6P. The Hall–Kier alpha value is -3.00.